The molecule has 0 aromatic heterocycles. The Balaban J connectivity index is 1.97. The van der Waals surface area contributed by atoms with Gasteiger partial charge in [-0.2, -0.15) is 0 Å². The fourth-order valence-corrected chi connectivity index (χ4v) is 3.54. The second-order valence-corrected chi connectivity index (χ2v) is 6.80. The molecule has 1 aliphatic carbocycles. The SMILES string of the molecule is COc1ccc(Br)cc1CNCC1(N(C)C)CCCC1. The van der Waals surface area contributed by atoms with Gasteiger partial charge in [-0.3, -0.25) is 0 Å². The molecule has 1 N–H and O–H groups in total. The minimum absolute atomic E-state index is 0.333. The fourth-order valence-electron chi connectivity index (χ4n) is 3.13. The first-order chi connectivity index (χ1) is 9.57. The summed E-state index contributed by atoms with van der Waals surface area (Å²) in [6.45, 7) is 1.88. The Morgan fingerprint density at radius 3 is 2.60 bits per heavy atom. The first kappa shape index (κ1) is 15.8. The van der Waals surface area contributed by atoms with E-state index in [-0.39, 0.29) is 0 Å². The van der Waals surface area contributed by atoms with Crippen LogP contribution in [0.1, 0.15) is 31.2 Å². The zero-order valence-corrected chi connectivity index (χ0v) is 14.3. The van der Waals surface area contributed by atoms with E-state index in [0.717, 1.165) is 23.3 Å². The molecule has 0 aliphatic heterocycles. The Kier molecular flexibility index (Phi) is 5.47. The molecule has 0 heterocycles. The van der Waals surface area contributed by atoms with E-state index in [9.17, 15) is 0 Å². The molecule has 4 heteroatoms. The topological polar surface area (TPSA) is 24.5 Å². The zero-order valence-electron chi connectivity index (χ0n) is 12.7. The van der Waals surface area contributed by atoms with Gasteiger partial charge in [0.05, 0.1) is 7.11 Å². The number of methoxy groups -OCH3 is 1. The second kappa shape index (κ2) is 6.92. The Morgan fingerprint density at radius 2 is 2.00 bits per heavy atom. The zero-order chi connectivity index (χ0) is 14.6. The van der Waals surface area contributed by atoms with Gasteiger partial charge < -0.3 is 15.0 Å². The molecule has 0 saturated heterocycles. The van der Waals surface area contributed by atoms with Crippen LogP contribution in [0.3, 0.4) is 0 Å². The van der Waals surface area contributed by atoms with Crippen LogP contribution >= 0.6 is 15.9 Å². The van der Waals surface area contributed by atoms with Gasteiger partial charge in [0.15, 0.2) is 0 Å². The van der Waals surface area contributed by atoms with Crippen LogP contribution in [-0.4, -0.2) is 38.2 Å². The third-order valence-corrected chi connectivity index (χ3v) is 4.99. The lowest BCUT2D eigenvalue weighted by atomic mass is 9.96. The van der Waals surface area contributed by atoms with Gasteiger partial charge in [-0.1, -0.05) is 28.8 Å². The third kappa shape index (κ3) is 3.54. The summed E-state index contributed by atoms with van der Waals surface area (Å²) in [7, 11) is 6.13. The van der Waals surface area contributed by atoms with E-state index in [1.807, 2.05) is 12.1 Å². The van der Waals surface area contributed by atoms with Gasteiger partial charge >= 0.3 is 0 Å². The maximum atomic E-state index is 5.42. The molecule has 2 rings (SSSR count). The minimum Gasteiger partial charge on any atom is -0.496 e. The summed E-state index contributed by atoms with van der Waals surface area (Å²) in [4.78, 5) is 2.39. The van der Waals surface area contributed by atoms with Crippen LogP contribution in [-0.2, 0) is 6.54 Å². The van der Waals surface area contributed by atoms with E-state index in [1.54, 1.807) is 7.11 Å². The van der Waals surface area contributed by atoms with Gasteiger partial charge in [0.2, 0.25) is 0 Å². The van der Waals surface area contributed by atoms with Crippen molar-refractivity contribution >= 4 is 15.9 Å². The predicted molar refractivity (Wildman–Crippen MR) is 87.3 cm³/mol. The Labute approximate surface area is 130 Å². The first-order valence-corrected chi connectivity index (χ1v) is 8.07. The normalized spacial score (nSPS) is 17.6. The molecule has 3 nitrogen and oxygen atoms in total. The molecule has 1 fully saturated rings. The number of hydrogen-bond acceptors (Lipinski definition) is 3. The van der Waals surface area contributed by atoms with Gasteiger partial charge in [-0.05, 0) is 45.1 Å². The third-order valence-electron chi connectivity index (χ3n) is 4.49. The van der Waals surface area contributed by atoms with Crippen molar-refractivity contribution in [1.29, 1.82) is 0 Å². The van der Waals surface area contributed by atoms with Crippen LogP contribution in [0.25, 0.3) is 0 Å². The number of hydrogen-bond donors (Lipinski definition) is 1. The standard InChI is InChI=1S/C16H25BrN2O/c1-19(2)16(8-4-5-9-16)12-18-11-13-10-14(17)6-7-15(13)20-3/h6-7,10,18H,4-5,8-9,11-12H2,1-3H3. The number of nitrogens with zero attached hydrogens (tertiary/aromatic N) is 1. The number of ether oxygens (including phenoxy) is 1. The number of benzene rings is 1. The summed E-state index contributed by atoms with van der Waals surface area (Å²) >= 11 is 3.53. The molecule has 1 saturated carbocycles. The van der Waals surface area contributed by atoms with Crippen molar-refractivity contribution in [2.24, 2.45) is 0 Å². The average molecular weight is 341 g/mol. The van der Waals surface area contributed by atoms with E-state index in [2.05, 4.69) is 46.3 Å². The molecule has 0 atom stereocenters. The number of likely N-dealkylation sites (N-methyl/N-ethyl adjacent to an activating group) is 1. The molecule has 0 unspecified atom stereocenters. The molecule has 0 amide bonds. The molecule has 0 radical (unpaired) electrons. The van der Waals surface area contributed by atoms with Crippen molar-refractivity contribution in [1.82, 2.24) is 10.2 Å². The lowest BCUT2D eigenvalue weighted by molar-refractivity contribution is 0.153. The molecule has 1 aliphatic rings. The average Bonchev–Trinajstić information content (AvgIpc) is 2.89. The van der Waals surface area contributed by atoms with Crippen molar-refractivity contribution in [3.05, 3.63) is 28.2 Å². The van der Waals surface area contributed by atoms with Crippen molar-refractivity contribution in [3.63, 3.8) is 0 Å². The van der Waals surface area contributed by atoms with E-state index in [1.165, 1.54) is 31.2 Å². The molecular formula is C16H25BrN2O. The van der Waals surface area contributed by atoms with Crippen LogP contribution in [0.5, 0.6) is 5.75 Å². The summed E-state index contributed by atoms with van der Waals surface area (Å²) in [5.74, 6) is 0.950. The molecule has 1 aromatic carbocycles. The quantitative estimate of drug-likeness (QED) is 0.858. The van der Waals surface area contributed by atoms with E-state index >= 15 is 0 Å². The molecular weight excluding hydrogens is 316 g/mol. The van der Waals surface area contributed by atoms with Crippen LogP contribution < -0.4 is 10.1 Å². The fraction of sp³-hybridized carbons (Fsp3) is 0.625. The highest BCUT2D eigenvalue weighted by molar-refractivity contribution is 9.10. The van der Waals surface area contributed by atoms with E-state index < -0.39 is 0 Å². The predicted octanol–water partition coefficient (Wildman–Crippen LogP) is 3.42. The van der Waals surface area contributed by atoms with Crippen LogP contribution in [0, 0.1) is 0 Å². The van der Waals surface area contributed by atoms with Crippen LogP contribution in [0.2, 0.25) is 0 Å². The van der Waals surface area contributed by atoms with Crippen molar-refractivity contribution < 1.29 is 4.74 Å². The largest absolute Gasteiger partial charge is 0.496 e. The van der Waals surface area contributed by atoms with Crippen molar-refractivity contribution in [2.45, 2.75) is 37.8 Å². The van der Waals surface area contributed by atoms with E-state index in [0.29, 0.717) is 5.54 Å². The second-order valence-electron chi connectivity index (χ2n) is 5.89. The summed E-state index contributed by atoms with van der Waals surface area (Å²) in [6, 6.07) is 6.15. The number of halogens is 1. The Hall–Kier alpha value is -0.580. The Bertz CT molecular complexity index is 442. The molecule has 0 spiro atoms. The summed E-state index contributed by atoms with van der Waals surface area (Å²) in [5.41, 5.74) is 1.54. The minimum atomic E-state index is 0.333. The van der Waals surface area contributed by atoms with E-state index in [4.69, 9.17) is 4.74 Å². The monoisotopic (exact) mass is 340 g/mol. The lowest BCUT2D eigenvalue weighted by Gasteiger charge is -2.36. The molecule has 1 aromatic rings. The highest BCUT2D eigenvalue weighted by atomic mass is 79.9. The van der Waals surface area contributed by atoms with Crippen LogP contribution in [0.4, 0.5) is 0 Å². The molecule has 0 bridgehead atoms. The van der Waals surface area contributed by atoms with Gasteiger partial charge in [0, 0.05) is 28.7 Å². The van der Waals surface area contributed by atoms with Crippen molar-refractivity contribution in [2.75, 3.05) is 27.7 Å². The first-order valence-electron chi connectivity index (χ1n) is 7.28. The van der Waals surface area contributed by atoms with Gasteiger partial charge in [-0.25, -0.2) is 0 Å². The van der Waals surface area contributed by atoms with Crippen molar-refractivity contribution in [3.8, 4) is 5.75 Å². The summed E-state index contributed by atoms with van der Waals surface area (Å²) < 4.78 is 6.52. The Morgan fingerprint density at radius 1 is 1.30 bits per heavy atom. The molecule has 20 heavy (non-hydrogen) atoms. The number of nitrogens with one attached hydrogen (secondary N) is 1. The maximum absolute atomic E-state index is 5.42. The lowest BCUT2D eigenvalue weighted by Crippen LogP contribution is -2.49. The number of rotatable bonds is 6. The highest BCUT2D eigenvalue weighted by Gasteiger charge is 2.35. The summed E-state index contributed by atoms with van der Waals surface area (Å²) in [6.07, 6.45) is 5.28. The maximum Gasteiger partial charge on any atom is 0.123 e. The van der Waals surface area contributed by atoms with Gasteiger partial charge in [0.1, 0.15) is 5.75 Å². The molecule has 112 valence electrons. The van der Waals surface area contributed by atoms with Gasteiger partial charge in [0.25, 0.3) is 0 Å². The van der Waals surface area contributed by atoms with Crippen LogP contribution in [0.15, 0.2) is 22.7 Å². The summed E-state index contributed by atoms with van der Waals surface area (Å²) in [5, 5.41) is 3.63. The highest BCUT2D eigenvalue weighted by Crippen LogP contribution is 2.33. The van der Waals surface area contributed by atoms with Gasteiger partial charge in [-0.15, -0.1) is 0 Å². The smallest absolute Gasteiger partial charge is 0.123 e.